The summed E-state index contributed by atoms with van der Waals surface area (Å²) in [6.45, 7) is 12.7. The summed E-state index contributed by atoms with van der Waals surface area (Å²) in [7, 11) is -4.64. The fourth-order valence-electron chi connectivity index (χ4n) is 3.65. The fourth-order valence-corrected chi connectivity index (χ4v) is 6.52. The van der Waals surface area contributed by atoms with E-state index in [-0.39, 0.29) is 27.8 Å². The summed E-state index contributed by atoms with van der Waals surface area (Å²) in [6, 6.07) is 16.7. The quantitative estimate of drug-likeness (QED) is 0.208. The maximum atomic E-state index is 13.3. The van der Waals surface area contributed by atoms with Gasteiger partial charge in [0.15, 0.2) is 0 Å². The maximum Gasteiger partial charge on any atom is 0.337 e. The summed E-state index contributed by atoms with van der Waals surface area (Å²) >= 11 is 3.27. The molecule has 0 saturated carbocycles. The second-order valence-corrected chi connectivity index (χ2v) is 18.5. The van der Waals surface area contributed by atoms with Crippen LogP contribution in [0.4, 0.5) is 5.69 Å². The highest BCUT2D eigenvalue weighted by Crippen LogP contribution is 2.37. The van der Waals surface area contributed by atoms with Crippen molar-refractivity contribution in [3.05, 3.63) is 81.8 Å². The molecule has 0 amide bonds. The molecule has 0 unspecified atom stereocenters. The summed E-state index contributed by atoms with van der Waals surface area (Å²) in [6.07, 6.45) is 0. The van der Waals surface area contributed by atoms with E-state index in [4.69, 9.17) is 9.16 Å². The molecular weight excluding hydrogens is 610 g/mol. The van der Waals surface area contributed by atoms with Crippen molar-refractivity contribution in [2.24, 2.45) is 0 Å². The van der Waals surface area contributed by atoms with Gasteiger partial charge < -0.3 is 14.3 Å². The van der Waals surface area contributed by atoms with Crippen LogP contribution in [0.15, 0.2) is 70.0 Å². The Kier molecular flexibility index (Phi) is 9.45. The van der Waals surface area contributed by atoms with Crippen LogP contribution in [0.5, 0.6) is 11.5 Å². The number of carbonyl (C=O) groups is 1. The molecule has 0 spiro atoms. The van der Waals surface area contributed by atoms with Gasteiger partial charge in [-0.15, -0.1) is 0 Å². The normalized spacial score (nSPS) is 11.8. The van der Waals surface area contributed by atoms with E-state index in [0.717, 1.165) is 15.6 Å². The molecule has 40 heavy (non-hydrogen) atoms. The molecule has 0 aromatic heterocycles. The minimum atomic E-state index is -4.03. The lowest BCUT2D eigenvalue weighted by molar-refractivity contribution is 0.0697. The number of anilines is 1. The number of sulfonamides is 1. The van der Waals surface area contributed by atoms with Gasteiger partial charge in [0, 0.05) is 17.1 Å². The van der Waals surface area contributed by atoms with E-state index in [2.05, 4.69) is 61.6 Å². The van der Waals surface area contributed by atoms with Crippen LogP contribution in [0.2, 0.25) is 18.1 Å². The van der Waals surface area contributed by atoms with Gasteiger partial charge in [0.2, 0.25) is 8.32 Å². The van der Waals surface area contributed by atoms with Crippen molar-refractivity contribution in [3.63, 3.8) is 0 Å². The van der Waals surface area contributed by atoms with E-state index in [1.54, 1.807) is 25.1 Å². The van der Waals surface area contributed by atoms with Crippen molar-refractivity contribution in [1.82, 2.24) is 0 Å². The summed E-state index contributed by atoms with van der Waals surface area (Å²) in [5, 5.41) is 9.71. The molecule has 0 aliphatic rings. The first-order chi connectivity index (χ1) is 18.5. The summed E-state index contributed by atoms with van der Waals surface area (Å²) in [5.74, 6) is 6.09. The molecule has 3 aromatic rings. The number of halogens is 1. The number of aryl methyl sites for hydroxylation is 1. The molecule has 0 aliphatic heterocycles. The van der Waals surface area contributed by atoms with Gasteiger partial charge >= 0.3 is 5.97 Å². The van der Waals surface area contributed by atoms with Gasteiger partial charge in [-0.2, -0.15) is 0 Å². The third-order valence-corrected chi connectivity index (χ3v) is 13.4. The first-order valence-corrected chi connectivity index (χ1v) is 17.7. The molecule has 3 rings (SSSR count). The molecule has 1 N–H and O–H groups in total. The topological polar surface area (TPSA) is 93.1 Å². The van der Waals surface area contributed by atoms with Gasteiger partial charge in [-0.1, -0.05) is 54.6 Å². The largest absolute Gasteiger partial charge is 0.543 e. The van der Waals surface area contributed by atoms with Gasteiger partial charge in [0.05, 0.1) is 16.1 Å². The molecule has 3 aromatic carbocycles. The van der Waals surface area contributed by atoms with Gasteiger partial charge in [-0.05, 0) is 85.2 Å². The Morgan fingerprint density at radius 2 is 1.70 bits per heavy atom. The van der Waals surface area contributed by atoms with Gasteiger partial charge in [0.1, 0.15) is 18.1 Å². The molecule has 0 fully saturated rings. The number of hydrogen-bond acceptors (Lipinski definition) is 5. The van der Waals surface area contributed by atoms with Crippen LogP contribution in [0, 0.1) is 18.8 Å². The lowest BCUT2D eigenvalue weighted by Gasteiger charge is -2.36. The fraction of sp³-hybridized carbons (Fsp3) is 0.300. The number of carboxylic acids is 1. The molecule has 0 saturated heterocycles. The molecule has 0 radical (unpaired) electrons. The Balaban J connectivity index is 1.70. The van der Waals surface area contributed by atoms with Gasteiger partial charge in [0.25, 0.3) is 10.0 Å². The predicted molar refractivity (Wildman–Crippen MR) is 165 cm³/mol. The van der Waals surface area contributed by atoms with Crippen LogP contribution in [0.3, 0.4) is 0 Å². The Bertz CT molecular complexity index is 1570. The van der Waals surface area contributed by atoms with E-state index >= 15 is 0 Å². The predicted octanol–water partition coefficient (Wildman–Crippen LogP) is 7.10. The van der Waals surface area contributed by atoms with Gasteiger partial charge in [-0.25, -0.2) is 13.2 Å². The zero-order valence-corrected chi connectivity index (χ0v) is 27.1. The highest BCUT2D eigenvalue weighted by atomic mass is 79.9. The third-order valence-electron chi connectivity index (χ3n) is 6.85. The molecule has 0 aliphatic carbocycles. The second kappa shape index (κ2) is 12.1. The summed E-state index contributed by atoms with van der Waals surface area (Å²) in [4.78, 5) is 11.8. The molecular formula is C30H34BrNO6SSi. The number of nitrogens with zero attached hydrogens (tertiary/aromatic N) is 1. The second-order valence-electron chi connectivity index (χ2n) is 10.8. The van der Waals surface area contributed by atoms with Crippen molar-refractivity contribution >= 4 is 45.9 Å². The molecule has 7 nitrogen and oxygen atoms in total. The van der Waals surface area contributed by atoms with Crippen molar-refractivity contribution in [1.29, 1.82) is 0 Å². The van der Waals surface area contributed by atoms with Crippen molar-refractivity contribution in [2.75, 3.05) is 18.0 Å². The Labute approximate surface area is 246 Å². The Morgan fingerprint density at radius 1 is 1.05 bits per heavy atom. The highest BCUT2D eigenvalue weighted by molar-refractivity contribution is 9.10. The molecule has 0 bridgehead atoms. The van der Waals surface area contributed by atoms with Crippen molar-refractivity contribution in [3.8, 4) is 23.3 Å². The summed E-state index contributed by atoms with van der Waals surface area (Å²) < 4.78 is 40.2. The first-order valence-electron chi connectivity index (χ1n) is 12.6. The standard InChI is InChI=1S/C30H34BrNO6SSi/c1-21-18-23(31)20-27(29(33)34)28(21)32(5)39(35,36)26-15-13-24(14-16-26)37-17-9-11-22-10-8-12-25(19-22)38-40(6,7)30(2,3)4/h8,10,12-16,18-20H,17H2,1-7H3,(H,33,34). The zero-order valence-electron chi connectivity index (χ0n) is 23.7. The van der Waals surface area contributed by atoms with E-state index in [9.17, 15) is 18.3 Å². The number of hydrogen-bond donors (Lipinski definition) is 1. The lowest BCUT2D eigenvalue weighted by Crippen LogP contribution is -2.43. The van der Waals surface area contributed by atoms with Crippen molar-refractivity contribution in [2.45, 2.75) is 50.7 Å². The number of rotatable bonds is 8. The first kappa shape index (κ1) is 31.3. The van der Waals surface area contributed by atoms with E-state index < -0.39 is 24.3 Å². The van der Waals surface area contributed by atoms with Crippen LogP contribution in [-0.4, -0.2) is 41.5 Å². The molecule has 212 valence electrons. The number of ether oxygens (including phenoxy) is 1. The Morgan fingerprint density at radius 3 is 2.30 bits per heavy atom. The lowest BCUT2D eigenvalue weighted by atomic mass is 10.1. The highest BCUT2D eigenvalue weighted by Gasteiger charge is 2.39. The summed E-state index contributed by atoms with van der Waals surface area (Å²) in [5.41, 5.74) is 1.31. The van der Waals surface area contributed by atoms with Crippen LogP contribution in [0.1, 0.15) is 42.3 Å². The van der Waals surface area contributed by atoms with Crippen molar-refractivity contribution < 1.29 is 27.5 Å². The molecule has 0 atom stereocenters. The number of aromatic carboxylic acids is 1. The minimum Gasteiger partial charge on any atom is -0.543 e. The average Bonchev–Trinajstić information content (AvgIpc) is 2.85. The van der Waals surface area contributed by atoms with E-state index in [1.165, 1.54) is 25.2 Å². The van der Waals surface area contributed by atoms with E-state index in [0.29, 0.717) is 15.8 Å². The average molecular weight is 645 g/mol. The van der Waals surface area contributed by atoms with Crippen LogP contribution >= 0.6 is 15.9 Å². The zero-order chi connectivity index (χ0) is 29.9. The SMILES string of the molecule is Cc1cc(Br)cc(C(=O)O)c1N(C)S(=O)(=O)c1ccc(OCC#Cc2cccc(O[Si](C)(C)C(C)(C)C)c2)cc1. The number of carboxylic acid groups (broad SMARTS) is 1. The van der Waals surface area contributed by atoms with E-state index in [1.807, 2.05) is 24.3 Å². The van der Waals surface area contributed by atoms with Crippen LogP contribution in [-0.2, 0) is 10.0 Å². The maximum absolute atomic E-state index is 13.3. The smallest absolute Gasteiger partial charge is 0.337 e. The minimum absolute atomic E-state index is 0.00522. The van der Waals surface area contributed by atoms with Crippen LogP contribution < -0.4 is 13.5 Å². The Hall–Kier alpha value is -3.26. The number of benzene rings is 3. The monoisotopic (exact) mass is 643 g/mol. The molecule has 10 heteroatoms. The third kappa shape index (κ3) is 7.27. The van der Waals surface area contributed by atoms with Crippen LogP contribution in [0.25, 0.3) is 0 Å². The van der Waals surface area contributed by atoms with Gasteiger partial charge in [-0.3, -0.25) is 4.31 Å². The molecule has 0 heterocycles.